The lowest BCUT2D eigenvalue weighted by molar-refractivity contribution is -0.137. The maximum Gasteiger partial charge on any atom is 0.420 e. The first-order valence-corrected chi connectivity index (χ1v) is 7.97. The van der Waals surface area contributed by atoms with Gasteiger partial charge >= 0.3 is 18.4 Å². The number of benzene rings is 1. The van der Waals surface area contributed by atoms with Crippen LogP contribution in [-0.4, -0.2) is 28.2 Å². The molecule has 0 radical (unpaired) electrons. The van der Waals surface area contributed by atoms with Gasteiger partial charge in [0.15, 0.2) is 0 Å². The van der Waals surface area contributed by atoms with E-state index in [9.17, 15) is 31.1 Å². The zero-order valence-electron chi connectivity index (χ0n) is 14.2. The molecular weight excluding hydrogens is 430 g/mol. The quantitative estimate of drug-likeness (QED) is 0.409. The number of hydrogen-bond acceptors (Lipinski definition) is 4. The van der Waals surface area contributed by atoms with E-state index in [1.165, 1.54) is 0 Å². The van der Waals surface area contributed by atoms with E-state index in [1.807, 2.05) is 5.32 Å². The Morgan fingerprint density at radius 1 is 1.17 bits per heavy atom. The molecule has 2 aromatic heterocycles. The number of H-pyrrole nitrogens is 1. The number of ether oxygens (including phenoxy) is 1. The van der Waals surface area contributed by atoms with Gasteiger partial charge in [-0.15, -0.1) is 0 Å². The second kappa shape index (κ2) is 7.10. The molecule has 0 fully saturated rings. The van der Waals surface area contributed by atoms with Crippen LogP contribution in [0.25, 0.3) is 22.2 Å². The van der Waals surface area contributed by atoms with Crippen molar-refractivity contribution >= 4 is 34.3 Å². The lowest BCUT2D eigenvalue weighted by Crippen LogP contribution is -2.16. The first-order chi connectivity index (χ1) is 13.4. The van der Waals surface area contributed by atoms with Crippen molar-refractivity contribution < 1.29 is 35.9 Å². The summed E-state index contributed by atoms with van der Waals surface area (Å²) in [6.45, 7) is 0. The largest absolute Gasteiger partial charge is 0.453 e. The van der Waals surface area contributed by atoms with Crippen molar-refractivity contribution in [2.24, 2.45) is 0 Å². The zero-order chi connectivity index (χ0) is 21.6. The van der Waals surface area contributed by atoms with Crippen LogP contribution < -0.4 is 5.32 Å². The summed E-state index contributed by atoms with van der Waals surface area (Å²) in [4.78, 5) is 20.5. The molecule has 0 spiro atoms. The van der Waals surface area contributed by atoms with Gasteiger partial charge in [-0.1, -0.05) is 6.07 Å². The van der Waals surface area contributed by atoms with Gasteiger partial charge in [0.25, 0.3) is 0 Å². The van der Waals surface area contributed by atoms with Gasteiger partial charge in [-0.2, -0.15) is 26.3 Å². The number of hydrogen-bond donors (Lipinski definition) is 2. The Morgan fingerprint density at radius 2 is 1.86 bits per heavy atom. The van der Waals surface area contributed by atoms with E-state index in [0.717, 1.165) is 25.4 Å². The summed E-state index contributed by atoms with van der Waals surface area (Å²) in [5, 5.41) is 1.20. The number of carbonyl (C=O) groups excluding carboxylic acids is 1. The molecule has 2 N–H and O–H groups in total. The molecule has 1 aromatic carbocycles. The third-order valence-electron chi connectivity index (χ3n) is 3.88. The fourth-order valence-corrected chi connectivity index (χ4v) is 2.86. The van der Waals surface area contributed by atoms with Crippen molar-refractivity contribution in [1.82, 2.24) is 15.0 Å². The highest BCUT2D eigenvalue weighted by atomic mass is 35.5. The van der Waals surface area contributed by atoms with Crippen LogP contribution in [-0.2, 0) is 17.1 Å². The van der Waals surface area contributed by atoms with E-state index >= 15 is 0 Å². The highest BCUT2D eigenvalue weighted by Crippen LogP contribution is 2.44. The smallest absolute Gasteiger partial charge is 0.420 e. The molecule has 3 rings (SSSR count). The zero-order valence-corrected chi connectivity index (χ0v) is 14.9. The molecule has 1 amide bonds. The number of aromatic nitrogens is 3. The number of anilines is 1. The first-order valence-electron chi connectivity index (χ1n) is 7.60. The predicted molar refractivity (Wildman–Crippen MR) is 90.4 cm³/mol. The third kappa shape index (κ3) is 3.92. The minimum absolute atomic E-state index is 0.215. The predicted octanol–water partition coefficient (Wildman–Crippen LogP) is 5.49. The second-order valence-corrected chi connectivity index (χ2v) is 5.96. The molecular formula is C16H9ClF6N4O2. The second-order valence-electron chi connectivity index (χ2n) is 5.63. The molecule has 6 nitrogen and oxygen atoms in total. The highest BCUT2D eigenvalue weighted by Gasteiger charge is 2.39. The van der Waals surface area contributed by atoms with Crippen LogP contribution in [0.3, 0.4) is 0 Å². The summed E-state index contributed by atoms with van der Waals surface area (Å²) in [6, 6.07) is 2.01. The number of nitrogens with one attached hydrogen (secondary N) is 2. The van der Waals surface area contributed by atoms with E-state index in [1.54, 1.807) is 0 Å². The monoisotopic (exact) mass is 438 g/mol. The van der Waals surface area contributed by atoms with E-state index in [2.05, 4.69) is 19.7 Å². The topological polar surface area (TPSA) is 79.9 Å². The first kappa shape index (κ1) is 20.7. The van der Waals surface area contributed by atoms with Crippen molar-refractivity contribution in [2.45, 2.75) is 12.4 Å². The van der Waals surface area contributed by atoms with Gasteiger partial charge in [-0.05, 0) is 17.7 Å². The number of aromatic amines is 1. The molecule has 0 unspecified atom stereocenters. The Balaban J connectivity index is 2.30. The van der Waals surface area contributed by atoms with Crippen LogP contribution in [0, 0.1) is 0 Å². The lowest BCUT2D eigenvalue weighted by Gasteiger charge is -2.15. The average molecular weight is 439 g/mol. The van der Waals surface area contributed by atoms with Gasteiger partial charge in [-0.3, -0.25) is 5.32 Å². The maximum absolute atomic E-state index is 13.6. The van der Waals surface area contributed by atoms with Gasteiger partial charge in [0.05, 0.1) is 24.0 Å². The number of halogens is 7. The Kier molecular flexibility index (Phi) is 5.07. The highest BCUT2D eigenvalue weighted by molar-refractivity contribution is 6.28. The summed E-state index contributed by atoms with van der Waals surface area (Å²) in [7, 11) is 0.964. The Bertz CT molecular complexity index is 1090. The van der Waals surface area contributed by atoms with Crippen molar-refractivity contribution in [2.75, 3.05) is 12.4 Å². The Morgan fingerprint density at radius 3 is 2.45 bits per heavy atom. The maximum atomic E-state index is 13.6. The van der Waals surface area contributed by atoms with Gasteiger partial charge in [-0.25, -0.2) is 14.8 Å². The SMILES string of the molecule is COC(=O)Nc1ccc2c(-c3nc(Cl)ncc3C(F)(F)F)c[nH]c2c1C(F)(F)F. The Labute approximate surface area is 162 Å². The average Bonchev–Trinajstić information content (AvgIpc) is 3.02. The number of rotatable bonds is 2. The van der Waals surface area contributed by atoms with E-state index in [0.29, 0.717) is 6.20 Å². The molecule has 154 valence electrons. The van der Waals surface area contributed by atoms with E-state index < -0.39 is 51.8 Å². The molecule has 0 saturated heterocycles. The van der Waals surface area contributed by atoms with Crippen molar-refractivity contribution in [1.29, 1.82) is 0 Å². The van der Waals surface area contributed by atoms with Gasteiger partial charge in [0, 0.05) is 23.3 Å². The van der Waals surface area contributed by atoms with Crippen LogP contribution in [0.4, 0.5) is 36.8 Å². The number of amides is 1. The van der Waals surface area contributed by atoms with Gasteiger partial charge < -0.3 is 9.72 Å². The van der Waals surface area contributed by atoms with E-state index in [4.69, 9.17) is 11.6 Å². The minimum atomic E-state index is -4.95. The molecule has 0 atom stereocenters. The minimum Gasteiger partial charge on any atom is -0.453 e. The summed E-state index contributed by atoms with van der Waals surface area (Å²) in [6.07, 6.45) is -9.59. The van der Waals surface area contributed by atoms with Crippen LogP contribution in [0.15, 0.2) is 24.5 Å². The fraction of sp³-hybridized carbons (Fsp3) is 0.188. The normalized spacial score (nSPS) is 12.3. The number of carbonyl (C=O) groups is 1. The fourth-order valence-electron chi connectivity index (χ4n) is 2.73. The van der Waals surface area contributed by atoms with Crippen molar-refractivity contribution in [3.05, 3.63) is 40.9 Å². The summed E-state index contributed by atoms with van der Waals surface area (Å²) < 4.78 is 85.1. The summed E-state index contributed by atoms with van der Waals surface area (Å²) >= 11 is 5.60. The molecule has 13 heteroatoms. The van der Waals surface area contributed by atoms with Crippen molar-refractivity contribution in [3.63, 3.8) is 0 Å². The summed E-state index contributed by atoms with van der Waals surface area (Å²) in [5.41, 5.74) is -4.71. The number of alkyl halides is 6. The van der Waals surface area contributed by atoms with Crippen LogP contribution in [0.1, 0.15) is 11.1 Å². The molecule has 0 aliphatic heterocycles. The number of nitrogens with zero attached hydrogens (tertiary/aromatic N) is 2. The standard InChI is InChI=1S/C16H9ClF6N4O2/c1-29-14(28)26-9-3-2-6-7(4-24-12(6)10(9)16(21,22)23)11-8(15(18,19)20)5-25-13(17)27-11/h2-5,24H,1H3,(H,26,28). The number of fused-ring (bicyclic) bond motifs is 1. The molecule has 0 bridgehead atoms. The summed E-state index contributed by atoms with van der Waals surface area (Å²) in [5.74, 6) is 0. The lowest BCUT2D eigenvalue weighted by atomic mass is 10.0. The molecule has 2 heterocycles. The van der Waals surface area contributed by atoms with Crippen LogP contribution >= 0.6 is 11.6 Å². The Hall–Kier alpha value is -3.02. The molecule has 29 heavy (non-hydrogen) atoms. The number of methoxy groups -OCH3 is 1. The van der Waals surface area contributed by atoms with Gasteiger partial charge in [0.1, 0.15) is 11.1 Å². The molecule has 0 aliphatic carbocycles. The van der Waals surface area contributed by atoms with Crippen molar-refractivity contribution in [3.8, 4) is 11.3 Å². The molecule has 0 saturated carbocycles. The van der Waals surface area contributed by atoms with Gasteiger partial charge in [0.2, 0.25) is 5.28 Å². The van der Waals surface area contributed by atoms with E-state index in [-0.39, 0.29) is 10.9 Å². The van der Waals surface area contributed by atoms with Crippen LogP contribution in [0.2, 0.25) is 5.28 Å². The molecule has 3 aromatic rings. The molecule has 0 aliphatic rings. The van der Waals surface area contributed by atoms with Crippen LogP contribution in [0.5, 0.6) is 0 Å². The third-order valence-corrected chi connectivity index (χ3v) is 4.06.